The second kappa shape index (κ2) is 1.94. The predicted octanol–water partition coefficient (Wildman–Crippen LogP) is -0.117. The molecule has 2 rings (SSSR count). The van der Waals surface area contributed by atoms with Crippen molar-refractivity contribution in [2.24, 2.45) is 0 Å². The largest absolute Gasteiger partial charge is 0.388 e. The van der Waals surface area contributed by atoms with Gasteiger partial charge in [-0.2, -0.15) is 0 Å². The highest BCUT2D eigenvalue weighted by atomic mass is 16.7. The van der Waals surface area contributed by atoms with E-state index in [-0.39, 0.29) is 18.5 Å². The molecule has 2 fully saturated rings. The molecule has 3 atom stereocenters. The Morgan fingerprint density at radius 3 is 3.00 bits per heavy atom. The molecule has 2 saturated heterocycles. The Kier molecular flexibility index (Phi) is 1.22. The smallest absolute Gasteiger partial charge is 0.158 e. The van der Waals surface area contributed by atoms with Crippen molar-refractivity contribution in [2.75, 3.05) is 6.61 Å². The first kappa shape index (κ1) is 5.65. The molecule has 52 valence electrons. The van der Waals surface area contributed by atoms with Crippen LogP contribution in [-0.4, -0.2) is 30.2 Å². The van der Waals surface area contributed by atoms with Crippen molar-refractivity contribution in [1.29, 1.82) is 0 Å². The summed E-state index contributed by atoms with van der Waals surface area (Å²) in [6.07, 6.45) is 1.55. The molecule has 2 heterocycles. The lowest BCUT2D eigenvalue weighted by atomic mass is 10.1. The molecule has 0 aromatic carbocycles. The molecule has 0 aliphatic carbocycles. The van der Waals surface area contributed by atoms with Crippen LogP contribution in [0.5, 0.6) is 0 Å². The maximum Gasteiger partial charge on any atom is 0.158 e. The number of rotatable bonds is 0. The van der Waals surface area contributed by atoms with Crippen molar-refractivity contribution >= 4 is 0 Å². The van der Waals surface area contributed by atoms with Crippen molar-refractivity contribution in [2.45, 2.75) is 31.3 Å². The number of ether oxygens (including phenoxy) is 2. The standard InChI is InChI=1S/C6H10O3/c7-4-3-8-6-2-1-5(4)9-6/h4-7H,1-3H2. The summed E-state index contributed by atoms with van der Waals surface area (Å²) in [7, 11) is 0. The molecule has 0 aromatic rings. The Labute approximate surface area is 53.6 Å². The molecule has 0 spiro atoms. The number of hydrogen-bond acceptors (Lipinski definition) is 3. The molecule has 3 nitrogen and oxygen atoms in total. The second-order valence-electron chi connectivity index (χ2n) is 2.58. The zero-order valence-electron chi connectivity index (χ0n) is 5.12. The van der Waals surface area contributed by atoms with E-state index >= 15 is 0 Å². The average Bonchev–Trinajstić information content (AvgIpc) is 2.25. The van der Waals surface area contributed by atoms with Crippen molar-refractivity contribution in [3.63, 3.8) is 0 Å². The Hall–Kier alpha value is -0.120. The number of aliphatic hydroxyl groups excluding tert-OH is 1. The van der Waals surface area contributed by atoms with Gasteiger partial charge in [-0.05, 0) is 6.42 Å². The molecule has 9 heavy (non-hydrogen) atoms. The zero-order chi connectivity index (χ0) is 6.27. The molecule has 0 aromatic heterocycles. The third-order valence-corrected chi connectivity index (χ3v) is 1.90. The minimum atomic E-state index is -0.385. The molecule has 2 bridgehead atoms. The Morgan fingerprint density at radius 1 is 1.33 bits per heavy atom. The fourth-order valence-corrected chi connectivity index (χ4v) is 1.35. The van der Waals surface area contributed by atoms with Crippen molar-refractivity contribution < 1.29 is 14.6 Å². The highest BCUT2D eigenvalue weighted by Gasteiger charge is 2.36. The summed E-state index contributed by atoms with van der Waals surface area (Å²) in [4.78, 5) is 0. The van der Waals surface area contributed by atoms with Gasteiger partial charge in [-0.1, -0.05) is 0 Å². The van der Waals surface area contributed by atoms with E-state index in [1.54, 1.807) is 0 Å². The SMILES string of the molecule is OC1COC2CCC1O2. The van der Waals surface area contributed by atoms with Crippen LogP contribution < -0.4 is 0 Å². The zero-order valence-corrected chi connectivity index (χ0v) is 5.12. The van der Waals surface area contributed by atoms with Gasteiger partial charge >= 0.3 is 0 Å². The quantitative estimate of drug-likeness (QED) is 0.497. The summed E-state index contributed by atoms with van der Waals surface area (Å²) in [6.45, 7) is 0.454. The van der Waals surface area contributed by atoms with E-state index in [9.17, 15) is 0 Å². The van der Waals surface area contributed by atoms with Crippen LogP contribution in [0.1, 0.15) is 12.8 Å². The number of aliphatic hydroxyl groups is 1. The van der Waals surface area contributed by atoms with E-state index in [1.165, 1.54) is 0 Å². The van der Waals surface area contributed by atoms with Gasteiger partial charge in [0, 0.05) is 6.42 Å². The van der Waals surface area contributed by atoms with E-state index in [0.29, 0.717) is 6.61 Å². The van der Waals surface area contributed by atoms with Gasteiger partial charge in [-0.3, -0.25) is 0 Å². The average molecular weight is 130 g/mol. The highest BCUT2D eigenvalue weighted by molar-refractivity contribution is 4.79. The summed E-state index contributed by atoms with van der Waals surface area (Å²) < 4.78 is 10.3. The summed E-state index contributed by atoms with van der Waals surface area (Å²) in [6, 6.07) is 0. The molecule has 0 radical (unpaired) electrons. The van der Waals surface area contributed by atoms with Gasteiger partial charge in [0.2, 0.25) is 0 Å². The lowest BCUT2D eigenvalue weighted by Crippen LogP contribution is -2.37. The molecule has 3 heteroatoms. The van der Waals surface area contributed by atoms with Crippen LogP contribution in [0.3, 0.4) is 0 Å². The summed E-state index contributed by atoms with van der Waals surface area (Å²) in [5.74, 6) is 0. The first-order valence-corrected chi connectivity index (χ1v) is 3.31. The minimum Gasteiger partial charge on any atom is -0.388 e. The third-order valence-electron chi connectivity index (χ3n) is 1.90. The van der Waals surface area contributed by atoms with Gasteiger partial charge in [0.15, 0.2) is 6.29 Å². The van der Waals surface area contributed by atoms with Crippen LogP contribution in [0.15, 0.2) is 0 Å². The van der Waals surface area contributed by atoms with Crippen molar-refractivity contribution in [3.8, 4) is 0 Å². The highest BCUT2D eigenvalue weighted by Crippen LogP contribution is 2.27. The van der Waals surface area contributed by atoms with Crippen molar-refractivity contribution in [3.05, 3.63) is 0 Å². The second-order valence-corrected chi connectivity index (χ2v) is 2.58. The molecule has 2 aliphatic rings. The van der Waals surface area contributed by atoms with E-state index in [2.05, 4.69) is 0 Å². The summed E-state index contributed by atoms with van der Waals surface area (Å²) >= 11 is 0. The lowest BCUT2D eigenvalue weighted by molar-refractivity contribution is -0.216. The third kappa shape index (κ3) is 0.852. The molecule has 3 unspecified atom stereocenters. The van der Waals surface area contributed by atoms with Gasteiger partial charge < -0.3 is 14.6 Å². The maximum atomic E-state index is 9.15. The monoisotopic (exact) mass is 130 g/mol. The first-order chi connectivity index (χ1) is 4.36. The lowest BCUT2D eigenvalue weighted by Gasteiger charge is -2.25. The summed E-state index contributed by atoms with van der Waals surface area (Å²) in [5.41, 5.74) is 0. The first-order valence-electron chi connectivity index (χ1n) is 3.31. The van der Waals surface area contributed by atoms with E-state index < -0.39 is 0 Å². The van der Waals surface area contributed by atoms with E-state index in [0.717, 1.165) is 12.8 Å². The molecule has 1 N–H and O–H groups in total. The molecule has 0 saturated carbocycles. The van der Waals surface area contributed by atoms with Gasteiger partial charge in [0.1, 0.15) is 6.10 Å². The fourth-order valence-electron chi connectivity index (χ4n) is 1.35. The van der Waals surface area contributed by atoms with Crippen LogP contribution in [0.4, 0.5) is 0 Å². The predicted molar refractivity (Wildman–Crippen MR) is 29.9 cm³/mol. The topological polar surface area (TPSA) is 38.7 Å². The number of fused-ring (bicyclic) bond motifs is 2. The van der Waals surface area contributed by atoms with Gasteiger partial charge in [0.05, 0.1) is 12.7 Å². The van der Waals surface area contributed by atoms with Crippen LogP contribution >= 0.6 is 0 Å². The van der Waals surface area contributed by atoms with Gasteiger partial charge in [-0.25, -0.2) is 0 Å². The van der Waals surface area contributed by atoms with Crippen LogP contribution in [-0.2, 0) is 9.47 Å². The van der Waals surface area contributed by atoms with E-state index in [1.807, 2.05) is 0 Å². The normalized spacial score (nSPS) is 49.7. The fraction of sp³-hybridized carbons (Fsp3) is 1.00. The Balaban J connectivity index is 2.05. The van der Waals surface area contributed by atoms with Crippen molar-refractivity contribution in [1.82, 2.24) is 0 Å². The molecule has 0 amide bonds. The van der Waals surface area contributed by atoms with Gasteiger partial charge in [-0.15, -0.1) is 0 Å². The molecule has 2 aliphatic heterocycles. The van der Waals surface area contributed by atoms with E-state index in [4.69, 9.17) is 14.6 Å². The Bertz CT molecular complexity index is 115. The van der Waals surface area contributed by atoms with Crippen LogP contribution in [0, 0.1) is 0 Å². The molecular weight excluding hydrogens is 120 g/mol. The van der Waals surface area contributed by atoms with Crippen LogP contribution in [0.2, 0.25) is 0 Å². The van der Waals surface area contributed by atoms with Gasteiger partial charge in [0.25, 0.3) is 0 Å². The summed E-state index contributed by atoms with van der Waals surface area (Å²) in [5, 5.41) is 9.15. The minimum absolute atomic E-state index is 0.0154. The van der Waals surface area contributed by atoms with Crippen LogP contribution in [0.25, 0.3) is 0 Å². The molecular formula is C6H10O3. The maximum absolute atomic E-state index is 9.15. The Morgan fingerprint density at radius 2 is 2.22 bits per heavy atom. The number of hydrogen-bond donors (Lipinski definition) is 1.